The summed E-state index contributed by atoms with van der Waals surface area (Å²) in [6.45, 7) is 16.1. The van der Waals surface area contributed by atoms with E-state index in [4.69, 9.17) is 23.7 Å². The molecule has 55 heavy (non-hydrogen) atoms. The maximum absolute atomic E-state index is 12.1. The van der Waals surface area contributed by atoms with Crippen LogP contribution in [0.2, 0.25) is 0 Å². The van der Waals surface area contributed by atoms with Crippen LogP contribution in [0.5, 0.6) is 0 Å². The molecule has 20 atom stereocenters. The fraction of sp³-hybridized carbons (Fsp3) is 0.952. The molecule has 3 heterocycles. The predicted molar refractivity (Wildman–Crippen MR) is 197 cm³/mol. The lowest BCUT2D eigenvalue weighted by Gasteiger charge is -2.73. The Bertz CT molecular complexity index is 1490. The fourth-order valence-electron chi connectivity index (χ4n) is 14.2. The lowest BCUT2D eigenvalue weighted by atomic mass is 9.32. The van der Waals surface area contributed by atoms with Crippen molar-refractivity contribution < 1.29 is 64.5 Å². The van der Waals surface area contributed by atoms with Gasteiger partial charge in [-0.1, -0.05) is 60.6 Å². The van der Waals surface area contributed by atoms with Gasteiger partial charge in [-0.15, -0.1) is 0 Å². The van der Waals surface area contributed by atoms with Gasteiger partial charge in [-0.2, -0.15) is 0 Å². The van der Waals surface area contributed by atoms with Crippen LogP contribution in [0.3, 0.4) is 0 Å². The van der Waals surface area contributed by atoms with Crippen LogP contribution in [0, 0.1) is 50.2 Å². The summed E-state index contributed by atoms with van der Waals surface area (Å²) >= 11 is 0. The van der Waals surface area contributed by atoms with E-state index in [1.54, 1.807) is 0 Å². The summed E-state index contributed by atoms with van der Waals surface area (Å²) in [5.74, 6) is 0.763. The van der Waals surface area contributed by atoms with E-state index in [1.807, 2.05) is 0 Å². The Kier molecular flexibility index (Phi) is 9.95. The average Bonchev–Trinajstić information content (AvgIpc) is 3.40. The summed E-state index contributed by atoms with van der Waals surface area (Å²) in [7, 11) is 0. The van der Waals surface area contributed by atoms with E-state index in [-0.39, 0.29) is 56.3 Å². The van der Waals surface area contributed by atoms with Crippen LogP contribution in [-0.4, -0.2) is 140 Å². The molecule has 4 saturated carbocycles. The Morgan fingerprint density at radius 3 is 2.04 bits per heavy atom. The van der Waals surface area contributed by atoms with Crippen LogP contribution in [0.15, 0.2) is 12.2 Å². The molecule has 8 aliphatic rings. The largest absolute Gasteiger partial charge is 0.394 e. The van der Waals surface area contributed by atoms with E-state index in [0.29, 0.717) is 13.0 Å². The summed E-state index contributed by atoms with van der Waals surface area (Å²) < 4.78 is 30.9. The monoisotopic (exact) mass is 780 g/mol. The Morgan fingerprint density at radius 2 is 1.35 bits per heavy atom. The quantitative estimate of drug-likeness (QED) is 0.143. The molecule has 13 heteroatoms. The van der Waals surface area contributed by atoms with E-state index >= 15 is 0 Å². The Hall–Kier alpha value is -0.780. The first-order valence-electron chi connectivity index (χ1n) is 20.9. The van der Waals surface area contributed by atoms with Gasteiger partial charge in [-0.3, -0.25) is 0 Å². The summed E-state index contributed by atoms with van der Waals surface area (Å²) in [6, 6.07) is 0. The molecule has 0 aromatic heterocycles. The molecule has 0 aromatic carbocycles. The maximum atomic E-state index is 12.1. The number of hydrogen-bond acceptors (Lipinski definition) is 13. The molecule has 13 nitrogen and oxygen atoms in total. The fourth-order valence-corrected chi connectivity index (χ4v) is 14.2. The first-order chi connectivity index (χ1) is 25.6. The van der Waals surface area contributed by atoms with Crippen LogP contribution in [-0.2, 0) is 23.7 Å². The van der Waals surface area contributed by atoms with E-state index in [0.717, 1.165) is 44.9 Å². The number of rotatable bonds is 6. The van der Waals surface area contributed by atoms with Crippen LogP contribution >= 0.6 is 0 Å². The van der Waals surface area contributed by atoms with E-state index < -0.39 is 86.3 Å². The van der Waals surface area contributed by atoms with Crippen molar-refractivity contribution in [3.8, 4) is 0 Å². The van der Waals surface area contributed by atoms with E-state index in [9.17, 15) is 40.9 Å². The van der Waals surface area contributed by atoms with Crippen molar-refractivity contribution in [1.29, 1.82) is 0 Å². The third kappa shape index (κ3) is 5.58. The molecular formula is C42H68O13. The van der Waals surface area contributed by atoms with Gasteiger partial charge >= 0.3 is 0 Å². The van der Waals surface area contributed by atoms with Gasteiger partial charge in [0.15, 0.2) is 12.6 Å². The van der Waals surface area contributed by atoms with Gasteiger partial charge in [0.05, 0.1) is 37.6 Å². The van der Waals surface area contributed by atoms with Crippen LogP contribution in [0.25, 0.3) is 0 Å². The molecule has 8 N–H and O–H groups in total. The highest BCUT2D eigenvalue weighted by Crippen LogP contribution is 2.79. The third-order valence-corrected chi connectivity index (χ3v) is 17.8. The highest BCUT2D eigenvalue weighted by molar-refractivity contribution is 5.36. The van der Waals surface area contributed by atoms with Gasteiger partial charge in [-0.05, 0) is 84.9 Å². The molecule has 0 radical (unpaired) electrons. The SMILES string of the molecule is CC1(C)CC[C@]23CO[C@@]4(C=C[C@@H]5[C@@]6(C)CC[C@H](O[C@@H]7O[C@H](CO[C@@H]8O[C@H](CO)[C@@H](O)[C@H](O)[C@H]8O)[C@@H](O)[C@H](O)[C@H]7O)C(C)(C)[C@@H]6CC[C@@]5(C)[C@]4(C)C[C@@H]2O)[C@@H]3C1. The first kappa shape index (κ1) is 41.0. The topological polar surface area (TPSA) is 208 Å². The zero-order valence-electron chi connectivity index (χ0n) is 33.7. The molecule has 3 aliphatic heterocycles. The van der Waals surface area contributed by atoms with Crippen molar-refractivity contribution >= 4 is 0 Å². The Morgan fingerprint density at radius 1 is 0.691 bits per heavy atom. The normalized spacial score (nSPS) is 57.9. The summed E-state index contributed by atoms with van der Waals surface area (Å²) in [5, 5.41) is 85.3. The third-order valence-electron chi connectivity index (χ3n) is 17.8. The molecule has 0 unspecified atom stereocenters. The molecule has 1 spiro atoms. The first-order valence-corrected chi connectivity index (χ1v) is 20.9. The lowest BCUT2D eigenvalue weighted by molar-refractivity contribution is -0.345. The van der Waals surface area contributed by atoms with Crippen LogP contribution < -0.4 is 0 Å². The van der Waals surface area contributed by atoms with E-state index in [1.165, 1.54) is 0 Å². The van der Waals surface area contributed by atoms with Crippen molar-refractivity contribution in [2.45, 2.75) is 179 Å². The second-order valence-corrected chi connectivity index (χ2v) is 21.2. The summed E-state index contributed by atoms with van der Waals surface area (Å²) in [5.41, 5.74) is -1.22. The van der Waals surface area contributed by atoms with Crippen molar-refractivity contribution in [3.63, 3.8) is 0 Å². The average molecular weight is 781 g/mol. The predicted octanol–water partition coefficient (Wildman–Crippen LogP) is 1.78. The van der Waals surface area contributed by atoms with Crippen LogP contribution in [0.4, 0.5) is 0 Å². The standard InChI is InChI=1S/C42H68O13/c1-36(2)14-15-41-20-52-42(25(41)16-36)13-9-24-38(5)11-10-27(37(3,4)23(38)8-12-39(24,6)40(42,7)17-26(41)44)55-35-33(50)31(48)29(46)22(54-35)19-51-34-32(49)30(47)28(45)21(18-43)53-34/h9,13,21-35,43-50H,8,10-12,14-20H2,1-7H3/t21-,22-,23+,24-,25-,26+,27+,28-,29-,30+,31+,32-,33-,34-,35+,38+,39-,40+,41-,42+/m1/s1. The van der Waals surface area contributed by atoms with Gasteiger partial charge in [0.25, 0.3) is 0 Å². The molecule has 0 aromatic rings. The summed E-state index contributed by atoms with van der Waals surface area (Å²) in [6.07, 6.45) is -3.10. The Labute approximate surface area is 325 Å². The minimum absolute atomic E-state index is 0.0923. The van der Waals surface area contributed by atoms with Crippen molar-refractivity contribution in [3.05, 3.63) is 12.2 Å². The van der Waals surface area contributed by atoms with Gasteiger partial charge in [0.1, 0.15) is 48.8 Å². The zero-order chi connectivity index (χ0) is 39.9. The highest BCUT2D eigenvalue weighted by Gasteiger charge is 2.79. The zero-order valence-corrected chi connectivity index (χ0v) is 33.7. The molecule has 2 bridgehead atoms. The molecule has 7 fully saturated rings. The maximum Gasteiger partial charge on any atom is 0.186 e. The minimum atomic E-state index is -1.65. The second kappa shape index (κ2) is 13.4. The van der Waals surface area contributed by atoms with Gasteiger partial charge < -0.3 is 64.5 Å². The number of fused-ring (bicyclic) bond motifs is 4. The van der Waals surface area contributed by atoms with Crippen molar-refractivity contribution in [2.75, 3.05) is 19.8 Å². The van der Waals surface area contributed by atoms with Gasteiger partial charge in [0, 0.05) is 16.7 Å². The molecule has 0 amide bonds. The Balaban J connectivity index is 1.00. The van der Waals surface area contributed by atoms with Crippen molar-refractivity contribution in [1.82, 2.24) is 0 Å². The molecule has 8 rings (SSSR count). The molecule has 5 aliphatic carbocycles. The van der Waals surface area contributed by atoms with Crippen LogP contribution in [0.1, 0.15) is 99.8 Å². The lowest BCUT2D eigenvalue weighted by Crippen LogP contribution is -2.72. The highest BCUT2D eigenvalue weighted by atomic mass is 16.7. The van der Waals surface area contributed by atoms with Crippen molar-refractivity contribution in [2.24, 2.45) is 50.2 Å². The smallest absolute Gasteiger partial charge is 0.186 e. The second-order valence-electron chi connectivity index (χ2n) is 21.2. The molecular weight excluding hydrogens is 712 g/mol. The minimum Gasteiger partial charge on any atom is -0.394 e. The molecule has 314 valence electrons. The summed E-state index contributed by atoms with van der Waals surface area (Å²) in [4.78, 5) is 0. The number of ether oxygens (including phenoxy) is 5. The van der Waals surface area contributed by atoms with Gasteiger partial charge in [-0.25, -0.2) is 0 Å². The number of hydrogen-bond donors (Lipinski definition) is 8. The van der Waals surface area contributed by atoms with E-state index in [2.05, 4.69) is 60.6 Å². The number of aliphatic hydroxyl groups is 8. The number of allylic oxidation sites excluding steroid dienone is 1. The van der Waals surface area contributed by atoms with Gasteiger partial charge in [0.2, 0.25) is 0 Å². The molecule has 3 saturated heterocycles. The number of aliphatic hydroxyl groups excluding tert-OH is 8.